The maximum Gasteiger partial charge on any atom is 0.156 e. The minimum atomic E-state index is -0.0177. The normalized spacial score (nSPS) is 11.7. The van der Waals surface area contributed by atoms with Gasteiger partial charge in [0.1, 0.15) is 5.69 Å². The third-order valence-electron chi connectivity index (χ3n) is 4.73. The number of nitrogens with zero attached hydrogens (tertiary/aromatic N) is 4. The Morgan fingerprint density at radius 1 is 1.07 bits per heavy atom. The van der Waals surface area contributed by atoms with Crippen molar-refractivity contribution in [3.8, 4) is 28.7 Å². The lowest BCUT2D eigenvalue weighted by atomic mass is 9.92. The highest BCUT2D eigenvalue weighted by Gasteiger charge is 2.20. The van der Waals surface area contributed by atoms with Crippen LogP contribution in [0.2, 0.25) is 0 Å². The number of aromatic amines is 1. The number of hydrogen-bond donors (Lipinski definition) is 1. The molecule has 0 fully saturated rings. The van der Waals surface area contributed by atoms with Gasteiger partial charge in [-0.2, -0.15) is 10.4 Å². The third-order valence-corrected chi connectivity index (χ3v) is 4.73. The second kappa shape index (κ2) is 6.10. The van der Waals surface area contributed by atoms with Gasteiger partial charge in [0.25, 0.3) is 0 Å². The zero-order valence-electron chi connectivity index (χ0n) is 15.9. The van der Waals surface area contributed by atoms with E-state index in [1.54, 1.807) is 0 Å². The first-order chi connectivity index (χ1) is 12.9. The van der Waals surface area contributed by atoms with Crippen LogP contribution >= 0.6 is 0 Å². The Labute approximate surface area is 158 Å². The Balaban J connectivity index is 1.81. The van der Waals surface area contributed by atoms with E-state index in [1.165, 1.54) is 0 Å². The van der Waals surface area contributed by atoms with Gasteiger partial charge in [-0.15, -0.1) is 0 Å². The van der Waals surface area contributed by atoms with E-state index in [2.05, 4.69) is 43.0 Å². The lowest BCUT2D eigenvalue weighted by Crippen LogP contribution is -2.12. The number of hydrogen-bond acceptors (Lipinski definition) is 3. The molecule has 0 aliphatic rings. The van der Waals surface area contributed by atoms with E-state index in [1.807, 2.05) is 54.2 Å². The first-order valence-electron chi connectivity index (χ1n) is 8.91. The summed E-state index contributed by atoms with van der Waals surface area (Å²) >= 11 is 0. The smallest absolute Gasteiger partial charge is 0.156 e. The molecule has 0 atom stereocenters. The topological polar surface area (TPSA) is 70.3 Å². The summed E-state index contributed by atoms with van der Waals surface area (Å²) in [5.74, 6) is 0.793. The molecule has 0 unspecified atom stereocenters. The zero-order chi connectivity index (χ0) is 19.2. The fourth-order valence-electron chi connectivity index (χ4n) is 3.19. The van der Waals surface area contributed by atoms with Gasteiger partial charge in [0.15, 0.2) is 5.82 Å². The fraction of sp³-hybridized carbons (Fsp3) is 0.227. The lowest BCUT2D eigenvalue weighted by molar-refractivity contribution is 0.553. The Hall–Kier alpha value is -3.39. The number of aromatic nitrogens is 4. The van der Waals surface area contributed by atoms with Crippen molar-refractivity contribution in [2.45, 2.75) is 26.2 Å². The summed E-state index contributed by atoms with van der Waals surface area (Å²) in [6.07, 6.45) is 0. The minimum Gasteiger partial charge on any atom is -0.337 e. The number of nitriles is 1. The number of nitrogens with one attached hydrogen (secondary N) is 1. The number of fused-ring (bicyclic) bond motifs is 1. The van der Waals surface area contributed by atoms with Gasteiger partial charge in [-0.1, -0.05) is 45.0 Å². The van der Waals surface area contributed by atoms with Crippen LogP contribution in [0.3, 0.4) is 0 Å². The Morgan fingerprint density at radius 3 is 2.56 bits per heavy atom. The summed E-state index contributed by atoms with van der Waals surface area (Å²) in [6.45, 7) is 6.45. The molecule has 2 aromatic carbocycles. The molecule has 0 saturated heterocycles. The summed E-state index contributed by atoms with van der Waals surface area (Å²) in [6, 6.07) is 18.0. The van der Waals surface area contributed by atoms with E-state index in [-0.39, 0.29) is 5.41 Å². The van der Waals surface area contributed by atoms with Crippen LogP contribution < -0.4 is 0 Å². The molecule has 2 heterocycles. The van der Waals surface area contributed by atoms with E-state index in [0.717, 1.165) is 39.4 Å². The van der Waals surface area contributed by atoms with Gasteiger partial charge in [-0.05, 0) is 35.4 Å². The van der Waals surface area contributed by atoms with Crippen molar-refractivity contribution in [2.24, 2.45) is 7.05 Å². The molecule has 27 heavy (non-hydrogen) atoms. The van der Waals surface area contributed by atoms with Crippen LogP contribution in [-0.2, 0) is 12.5 Å². The maximum atomic E-state index is 9.36. The summed E-state index contributed by atoms with van der Waals surface area (Å²) in [4.78, 5) is 8.15. The van der Waals surface area contributed by atoms with E-state index in [9.17, 15) is 5.26 Å². The number of imidazole rings is 1. The predicted molar refractivity (Wildman–Crippen MR) is 107 cm³/mol. The van der Waals surface area contributed by atoms with Gasteiger partial charge in [0, 0.05) is 12.5 Å². The van der Waals surface area contributed by atoms with Crippen LogP contribution in [0.1, 0.15) is 32.0 Å². The molecule has 0 radical (unpaired) electrons. The zero-order valence-corrected chi connectivity index (χ0v) is 15.9. The molecule has 0 bridgehead atoms. The standard InChI is InChI=1S/C22H21N5/c1-22(2,3)20-12-19(27(4)26-20)21-24-17-10-9-14(11-18(17)25-21)16-8-6-5-7-15(16)13-23/h5-12H,1-4H3,(H,24,25). The predicted octanol–water partition coefficient (Wildman–Crippen LogP) is 4.80. The molecule has 0 aliphatic carbocycles. The van der Waals surface area contributed by atoms with Gasteiger partial charge in [-0.3, -0.25) is 4.68 Å². The van der Waals surface area contributed by atoms with Crippen molar-refractivity contribution in [3.05, 3.63) is 59.8 Å². The van der Waals surface area contributed by atoms with Crippen LogP contribution in [0.25, 0.3) is 33.7 Å². The van der Waals surface area contributed by atoms with Crippen molar-refractivity contribution in [1.29, 1.82) is 5.26 Å². The van der Waals surface area contributed by atoms with Crippen molar-refractivity contribution < 1.29 is 0 Å². The number of rotatable bonds is 2. The van der Waals surface area contributed by atoms with E-state index < -0.39 is 0 Å². The Bertz CT molecular complexity index is 1180. The van der Waals surface area contributed by atoms with E-state index >= 15 is 0 Å². The van der Waals surface area contributed by atoms with Crippen molar-refractivity contribution >= 4 is 11.0 Å². The quantitative estimate of drug-likeness (QED) is 0.561. The molecule has 134 valence electrons. The molecule has 5 heteroatoms. The first-order valence-corrected chi connectivity index (χ1v) is 8.91. The van der Waals surface area contributed by atoms with Crippen LogP contribution in [0.4, 0.5) is 0 Å². The van der Waals surface area contributed by atoms with E-state index in [0.29, 0.717) is 5.56 Å². The second-order valence-electron chi connectivity index (χ2n) is 7.76. The molecule has 1 N–H and O–H groups in total. The molecule has 0 spiro atoms. The number of benzene rings is 2. The highest BCUT2D eigenvalue weighted by molar-refractivity contribution is 5.85. The SMILES string of the molecule is Cn1nc(C(C)(C)C)cc1-c1nc2ccc(-c3ccccc3C#N)cc2[nH]1. The minimum absolute atomic E-state index is 0.0177. The van der Waals surface area contributed by atoms with Crippen molar-refractivity contribution in [3.63, 3.8) is 0 Å². The van der Waals surface area contributed by atoms with Crippen LogP contribution in [0, 0.1) is 11.3 Å². The molecule has 2 aromatic heterocycles. The molecular weight excluding hydrogens is 334 g/mol. The average Bonchev–Trinajstić information content (AvgIpc) is 3.23. The van der Waals surface area contributed by atoms with Gasteiger partial charge in [0.05, 0.1) is 28.4 Å². The van der Waals surface area contributed by atoms with Crippen molar-refractivity contribution in [1.82, 2.24) is 19.7 Å². The Kier molecular flexibility index (Phi) is 3.85. The summed E-state index contributed by atoms with van der Waals surface area (Å²) < 4.78 is 1.87. The van der Waals surface area contributed by atoms with Gasteiger partial charge in [0.2, 0.25) is 0 Å². The van der Waals surface area contributed by atoms with Crippen LogP contribution in [0.15, 0.2) is 48.5 Å². The molecule has 0 aliphatic heterocycles. The fourth-order valence-corrected chi connectivity index (χ4v) is 3.19. The van der Waals surface area contributed by atoms with Gasteiger partial charge in [-0.25, -0.2) is 4.98 Å². The van der Waals surface area contributed by atoms with E-state index in [4.69, 9.17) is 4.98 Å². The monoisotopic (exact) mass is 355 g/mol. The highest BCUT2D eigenvalue weighted by Crippen LogP contribution is 2.29. The molecule has 4 aromatic rings. The average molecular weight is 355 g/mol. The highest BCUT2D eigenvalue weighted by atomic mass is 15.3. The number of aryl methyl sites for hydroxylation is 1. The van der Waals surface area contributed by atoms with Crippen LogP contribution in [0.5, 0.6) is 0 Å². The van der Waals surface area contributed by atoms with Gasteiger partial charge < -0.3 is 4.98 Å². The third kappa shape index (κ3) is 3.00. The summed E-state index contributed by atoms with van der Waals surface area (Å²) in [5.41, 5.74) is 6.38. The number of H-pyrrole nitrogens is 1. The van der Waals surface area contributed by atoms with Crippen molar-refractivity contribution in [2.75, 3.05) is 0 Å². The molecule has 5 nitrogen and oxygen atoms in total. The molecule has 0 saturated carbocycles. The van der Waals surface area contributed by atoms with Crippen LogP contribution in [-0.4, -0.2) is 19.7 Å². The maximum absolute atomic E-state index is 9.36. The molecular formula is C22H21N5. The molecule has 0 amide bonds. The summed E-state index contributed by atoms with van der Waals surface area (Å²) in [7, 11) is 1.94. The lowest BCUT2D eigenvalue weighted by Gasteiger charge is -2.13. The summed E-state index contributed by atoms with van der Waals surface area (Å²) in [5, 5.41) is 14.0. The molecule has 4 rings (SSSR count). The second-order valence-corrected chi connectivity index (χ2v) is 7.76. The first kappa shape index (κ1) is 17.0. The Morgan fingerprint density at radius 2 is 1.85 bits per heavy atom. The van der Waals surface area contributed by atoms with Gasteiger partial charge >= 0.3 is 0 Å². The largest absolute Gasteiger partial charge is 0.337 e.